The standard InChI is InChI=1S/C18H23BrN4O3S/c1-3-23(4-2)17-9-8-15(13-20-17)22-18(24)10-11-21-27(25,26)16-7-5-6-14(19)12-16/h5-9,12-13,21H,3-4,10-11H2,1-2H3,(H,22,24). The molecule has 7 nitrogen and oxygen atoms in total. The van der Waals surface area contributed by atoms with Gasteiger partial charge < -0.3 is 10.2 Å². The van der Waals surface area contributed by atoms with Crippen LogP contribution in [-0.4, -0.2) is 38.9 Å². The number of hydrogen-bond donors (Lipinski definition) is 2. The van der Waals surface area contributed by atoms with Crippen LogP contribution in [0.3, 0.4) is 0 Å². The zero-order chi connectivity index (χ0) is 19.9. The molecule has 1 aromatic carbocycles. The number of amides is 1. The number of carbonyl (C=O) groups excluding carboxylic acids is 1. The van der Waals surface area contributed by atoms with Gasteiger partial charge in [-0.05, 0) is 44.2 Å². The molecule has 0 aliphatic carbocycles. The number of hydrogen-bond acceptors (Lipinski definition) is 5. The quantitative estimate of drug-likeness (QED) is 0.607. The van der Waals surface area contributed by atoms with Gasteiger partial charge in [0.1, 0.15) is 5.82 Å². The second-order valence-corrected chi connectivity index (χ2v) is 8.41. The number of pyridine rings is 1. The van der Waals surface area contributed by atoms with Gasteiger partial charge in [0.25, 0.3) is 0 Å². The molecule has 0 spiro atoms. The average Bonchev–Trinajstić information content (AvgIpc) is 2.64. The van der Waals surface area contributed by atoms with Crippen molar-refractivity contribution < 1.29 is 13.2 Å². The first-order valence-corrected chi connectivity index (χ1v) is 10.9. The van der Waals surface area contributed by atoms with Gasteiger partial charge in [0, 0.05) is 30.5 Å². The third kappa shape index (κ3) is 6.30. The zero-order valence-electron chi connectivity index (χ0n) is 15.3. The maximum Gasteiger partial charge on any atom is 0.240 e. The fourth-order valence-corrected chi connectivity index (χ4v) is 4.06. The van der Waals surface area contributed by atoms with Crippen LogP contribution in [0.4, 0.5) is 11.5 Å². The van der Waals surface area contributed by atoms with Gasteiger partial charge in [-0.3, -0.25) is 4.79 Å². The Kier molecular flexibility index (Phi) is 7.76. The van der Waals surface area contributed by atoms with E-state index in [0.29, 0.717) is 10.2 Å². The molecule has 2 N–H and O–H groups in total. The van der Waals surface area contributed by atoms with Crippen molar-refractivity contribution in [3.05, 3.63) is 47.1 Å². The summed E-state index contributed by atoms with van der Waals surface area (Å²) in [5.41, 5.74) is 0.575. The molecule has 0 bridgehead atoms. The lowest BCUT2D eigenvalue weighted by Crippen LogP contribution is -2.28. The molecule has 0 saturated heterocycles. The second kappa shape index (κ2) is 9.82. The zero-order valence-corrected chi connectivity index (χ0v) is 17.7. The van der Waals surface area contributed by atoms with E-state index in [2.05, 4.69) is 49.7 Å². The van der Waals surface area contributed by atoms with E-state index < -0.39 is 10.0 Å². The minimum atomic E-state index is -3.65. The van der Waals surface area contributed by atoms with Crippen LogP contribution >= 0.6 is 15.9 Å². The molecule has 0 aliphatic rings. The van der Waals surface area contributed by atoms with Crippen molar-refractivity contribution in [1.29, 1.82) is 0 Å². The molecular formula is C18H23BrN4O3S. The van der Waals surface area contributed by atoms with Crippen LogP contribution in [-0.2, 0) is 14.8 Å². The largest absolute Gasteiger partial charge is 0.357 e. The normalized spacial score (nSPS) is 11.2. The highest BCUT2D eigenvalue weighted by Gasteiger charge is 2.14. The van der Waals surface area contributed by atoms with Crippen LogP contribution in [0, 0.1) is 0 Å². The summed E-state index contributed by atoms with van der Waals surface area (Å²) in [7, 11) is -3.65. The highest BCUT2D eigenvalue weighted by Crippen LogP contribution is 2.16. The Balaban J connectivity index is 1.86. The number of halogens is 1. The van der Waals surface area contributed by atoms with Crippen molar-refractivity contribution in [3.8, 4) is 0 Å². The summed E-state index contributed by atoms with van der Waals surface area (Å²) in [6.45, 7) is 5.82. The van der Waals surface area contributed by atoms with Crippen molar-refractivity contribution >= 4 is 43.4 Å². The van der Waals surface area contributed by atoms with Crippen LogP contribution in [0.25, 0.3) is 0 Å². The highest BCUT2D eigenvalue weighted by molar-refractivity contribution is 9.10. The van der Waals surface area contributed by atoms with Crippen LogP contribution in [0.5, 0.6) is 0 Å². The van der Waals surface area contributed by atoms with Crippen molar-refractivity contribution in [2.45, 2.75) is 25.2 Å². The minimum absolute atomic E-state index is 0.00559. The third-order valence-corrected chi connectivity index (χ3v) is 5.82. The van der Waals surface area contributed by atoms with Gasteiger partial charge in [0.2, 0.25) is 15.9 Å². The summed E-state index contributed by atoms with van der Waals surface area (Å²) in [6.07, 6.45) is 1.61. The summed E-state index contributed by atoms with van der Waals surface area (Å²) in [4.78, 5) is 18.6. The van der Waals surface area contributed by atoms with Gasteiger partial charge >= 0.3 is 0 Å². The first kappa shape index (κ1) is 21.3. The first-order chi connectivity index (χ1) is 12.9. The topological polar surface area (TPSA) is 91.4 Å². The molecule has 2 aromatic rings. The Morgan fingerprint density at radius 1 is 1.19 bits per heavy atom. The van der Waals surface area contributed by atoms with Gasteiger partial charge in [0.05, 0.1) is 16.8 Å². The molecular weight excluding hydrogens is 432 g/mol. The third-order valence-electron chi connectivity index (χ3n) is 3.87. The Bertz CT molecular complexity index is 868. The molecule has 0 radical (unpaired) electrons. The molecule has 9 heteroatoms. The van der Waals surface area contributed by atoms with E-state index in [0.717, 1.165) is 18.9 Å². The molecule has 0 saturated carbocycles. The lowest BCUT2D eigenvalue weighted by molar-refractivity contribution is -0.116. The van der Waals surface area contributed by atoms with Crippen molar-refractivity contribution in [3.63, 3.8) is 0 Å². The minimum Gasteiger partial charge on any atom is -0.357 e. The van der Waals surface area contributed by atoms with Crippen molar-refractivity contribution in [2.75, 3.05) is 29.9 Å². The number of benzene rings is 1. The summed E-state index contributed by atoms with van der Waals surface area (Å²) in [6, 6.07) is 10.0. The van der Waals surface area contributed by atoms with Gasteiger partial charge in [-0.25, -0.2) is 18.1 Å². The van der Waals surface area contributed by atoms with E-state index in [1.54, 1.807) is 24.4 Å². The van der Waals surface area contributed by atoms with Crippen molar-refractivity contribution in [2.24, 2.45) is 0 Å². The smallest absolute Gasteiger partial charge is 0.240 e. The monoisotopic (exact) mass is 454 g/mol. The molecule has 0 fully saturated rings. The maximum absolute atomic E-state index is 12.2. The molecule has 2 rings (SSSR count). The van der Waals surface area contributed by atoms with E-state index in [9.17, 15) is 13.2 Å². The predicted molar refractivity (Wildman–Crippen MR) is 110 cm³/mol. The Hall–Kier alpha value is -1.97. The number of nitrogens with one attached hydrogen (secondary N) is 2. The lowest BCUT2D eigenvalue weighted by Gasteiger charge is -2.19. The SMILES string of the molecule is CCN(CC)c1ccc(NC(=O)CCNS(=O)(=O)c2cccc(Br)c2)cn1. The fourth-order valence-electron chi connectivity index (χ4n) is 2.43. The van der Waals surface area contributed by atoms with Gasteiger partial charge in [-0.1, -0.05) is 22.0 Å². The van der Waals surface area contributed by atoms with Crippen LogP contribution in [0.2, 0.25) is 0 Å². The molecule has 1 aromatic heterocycles. The second-order valence-electron chi connectivity index (χ2n) is 5.73. The summed E-state index contributed by atoms with van der Waals surface area (Å²) >= 11 is 3.24. The van der Waals surface area contributed by atoms with E-state index in [-0.39, 0.29) is 23.8 Å². The fraction of sp³-hybridized carbons (Fsp3) is 0.333. The molecule has 146 valence electrons. The first-order valence-electron chi connectivity index (χ1n) is 8.61. The number of aromatic nitrogens is 1. The maximum atomic E-state index is 12.2. The van der Waals surface area contributed by atoms with E-state index >= 15 is 0 Å². The predicted octanol–water partition coefficient (Wildman–Crippen LogP) is 3.00. The van der Waals surface area contributed by atoms with Crippen LogP contribution in [0.1, 0.15) is 20.3 Å². The van der Waals surface area contributed by atoms with Gasteiger partial charge in [-0.15, -0.1) is 0 Å². The number of carbonyl (C=O) groups is 1. The van der Waals surface area contributed by atoms with Crippen LogP contribution in [0.15, 0.2) is 52.0 Å². The lowest BCUT2D eigenvalue weighted by atomic mass is 10.3. The van der Waals surface area contributed by atoms with Crippen LogP contribution < -0.4 is 14.9 Å². The summed E-state index contributed by atoms with van der Waals surface area (Å²) in [5, 5.41) is 2.72. The van der Waals surface area contributed by atoms with E-state index in [1.165, 1.54) is 12.1 Å². The molecule has 1 amide bonds. The Labute approximate surface area is 168 Å². The molecule has 0 unspecified atom stereocenters. The molecule has 27 heavy (non-hydrogen) atoms. The molecule has 1 heterocycles. The van der Waals surface area contributed by atoms with E-state index in [1.807, 2.05) is 6.07 Å². The summed E-state index contributed by atoms with van der Waals surface area (Å²) < 4.78 is 27.5. The molecule has 0 atom stereocenters. The van der Waals surface area contributed by atoms with Gasteiger partial charge in [-0.2, -0.15) is 0 Å². The number of anilines is 2. The number of rotatable bonds is 9. The average molecular weight is 455 g/mol. The van der Waals surface area contributed by atoms with Crippen molar-refractivity contribution in [1.82, 2.24) is 9.71 Å². The summed E-state index contributed by atoms with van der Waals surface area (Å²) in [5.74, 6) is 0.559. The Morgan fingerprint density at radius 2 is 1.93 bits per heavy atom. The highest BCUT2D eigenvalue weighted by atomic mass is 79.9. The number of sulfonamides is 1. The Morgan fingerprint density at radius 3 is 2.52 bits per heavy atom. The number of nitrogens with zero attached hydrogens (tertiary/aromatic N) is 2. The van der Waals surface area contributed by atoms with E-state index in [4.69, 9.17) is 0 Å². The van der Waals surface area contributed by atoms with Gasteiger partial charge in [0.15, 0.2) is 0 Å². The molecule has 0 aliphatic heterocycles.